The second-order valence-corrected chi connectivity index (χ2v) is 5.91. The lowest BCUT2D eigenvalue weighted by molar-refractivity contribution is 0.112. The van der Waals surface area contributed by atoms with Crippen LogP contribution in [-0.2, 0) is 0 Å². The number of nitrogens with zero attached hydrogens (tertiary/aromatic N) is 1. The van der Waals surface area contributed by atoms with E-state index < -0.39 is 0 Å². The normalized spacial score (nSPS) is 11.0. The van der Waals surface area contributed by atoms with E-state index in [0.717, 1.165) is 22.8 Å². The summed E-state index contributed by atoms with van der Waals surface area (Å²) in [6.07, 6.45) is 2.52. The summed E-state index contributed by atoms with van der Waals surface area (Å²) in [5, 5.41) is 1.41. The van der Waals surface area contributed by atoms with Crippen LogP contribution in [0.25, 0.3) is 22.0 Å². The van der Waals surface area contributed by atoms with Gasteiger partial charge in [-0.3, -0.25) is 9.78 Å². The lowest BCUT2D eigenvalue weighted by Crippen LogP contribution is -2.08. The van der Waals surface area contributed by atoms with Gasteiger partial charge in [0.25, 0.3) is 0 Å². The molecule has 0 saturated carbocycles. The van der Waals surface area contributed by atoms with Crippen molar-refractivity contribution in [1.29, 1.82) is 0 Å². The molecule has 0 bridgehead atoms. The maximum absolute atomic E-state index is 11.4. The van der Waals surface area contributed by atoms with Gasteiger partial charge in [-0.25, -0.2) is 0 Å². The number of carbonyl (C=O) groups excluding carboxylic acids is 1. The Kier molecular flexibility index (Phi) is 4.30. The molecule has 0 saturated heterocycles. The zero-order valence-corrected chi connectivity index (χ0v) is 13.7. The molecule has 0 fully saturated rings. The van der Waals surface area contributed by atoms with E-state index >= 15 is 0 Å². The monoisotopic (exact) mass is 325 g/mol. The largest absolute Gasteiger partial charge is 0.488 e. The second-order valence-electron chi connectivity index (χ2n) is 5.51. The molecule has 0 N–H and O–H groups in total. The van der Waals surface area contributed by atoms with Crippen molar-refractivity contribution in [2.24, 2.45) is 0 Å². The Morgan fingerprint density at radius 3 is 2.65 bits per heavy atom. The summed E-state index contributed by atoms with van der Waals surface area (Å²) < 4.78 is 6.03. The molecule has 4 heteroatoms. The van der Waals surface area contributed by atoms with Crippen molar-refractivity contribution in [2.45, 2.75) is 20.0 Å². The molecule has 0 spiro atoms. The minimum Gasteiger partial charge on any atom is -0.488 e. The molecule has 0 aliphatic heterocycles. The Morgan fingerprint density at radius 1 is 1.13 bits per heavy atom. The van der Waals surface area contributed by atoms with E-state index in [-0.39, 0.29) is 6.10 Å². The highest BCUT2D eigenvalue weighted by molar-refractivity contribution is 6.36. The van der Waals surface area contributed by atoms with Gasteiger partial charge in [0, 0.05) is 22.7 Å². The number of fused-ring (bicyclic) bond motifs is 1. The summed E-state index contributed by atoms with van der Waals surface area (Å²) in [7, 11) is 0. The molecule has 0 unspecified atom stereocenters. The molecule has 0 amide bonds. The van der Waals surface area contributed by atoms with Crippen LogP contribution in [-0.4, -0.2) is 17.4 Å². The van der Waals surface area contributed by atoms with E-state index in [2.05, 4.69) is 4.98 Å². The smallest absolute Gasteiger partial charge is 0.153 e. The number of aromatic nitrogens is 1. The number of aldehydes is 1. The van der Waals surface area contributed by atoms with Gasteiger partial charge in [0.15, 0.2) is 12.0 Å². The third-order valence-electron chi connectivity index (χ3n) is 3.53. The SMILES string of the molecule is CC(C)Oc1c(-c2ccccc2C=O)cc(Cl)c2cccnc12. The predicted octanol–water partition coefficient (Wildman–Crippen LogP) is 5.15. The summed E-state index contributed by atoms with van der Waals surface area (Å²) in [6, 6.07) is 13.0. The van der Waals surface area contributed by atoms with Crippen molar-refractivity contribution in [3.05, 3.63) is 59.2 Å². The lowest BCUT2D eigenvalue weighted by atomic mass is 9.97. The summed E-state index contributed by atoms with van der Waals surface area (Å²) in [4.78, 5) is 15.8. The maximum Gasteiger partial charge on any atom is 0.153 e. The molecule has 116 valence electrons. The Balaban J connectivity index is 2.37. The molecule has 23 heavy (non-hydrogen) atoms. The molecule has 1 heterocycles. The van der Waals surface area contributed by atoms with Crippen molar-refractivity contribution >= 4 is 28.8 Å². The van der Waals surface area contributed by atoms with Gasteiger partial charge in [-0.15, -0.1) is 0 Å². The highest BCUT2D eigenvalue weighted by Gasteiger charge is 2.18. The highest BCUT2D eigenvalue weighted by Crippen LogP contribution is 2.41. The molecular formula is C19H16ClNO2. The van der Waals surface area contributed by atoms with E-state index in [1.54, 1.807) is 12.3 Å². The van der Waals surface area contributed by atoms with Crippen LogP contribution in [0.15, 0.2) is 48.7 Å². The van der Waals surface area contributed by atoms with E-state index in [1.165, 1.54) is 0 Å². The van der Waals surface area contributed by atoms with Crippen LogP contribution < -0.4 is 4.74 Å². The zero-order valence-electron chi connectivity index (χ0n) is 12.9. The van der Waals surface area contributed by atoms with Crippen molar-refractivity contribution in [1.82, 2.24) is 4.98 Å². The van der Waals surface area contributed by atoms with Crippen LogP contribution in [0.5, 0.6) is 5.75 Å². The Bertz CT molecular complexity index is 874. The molecule has 3 rings (SSSR count). The third kappa shape index (κ3) is 2.92. The standard InChI is InChI=1S/C19H16ClNO2/c1-12(2)23-19-16(14-7-4-3-6-13(14)11-22)10-17(20)15-8-5-9-21-18(15)19/h3-12H,1-2H3. The molecular weight excluding hydrogens is 310 g/mol. The Hall–Kier alpha value is -2.39. The van der Waals surface area contributed by atoms with Crippen LogP contribution in [0.1, 0.15) is 24.2 Å². The minimum absolute atomic E-state index is 0.0245. The van der Waals surface area contributed by atoms with Crippen LogP contribution in [0.3, 0.4) is 0 Å². The first-order chi connectivity index (χ1) is 11.1. The molecule has 1 aromatic heterocycles. The number of benzene rings is 2. The van der Waals surface area contributed by atoms with Gasteiger partial charge in [0.2, 0.25) is 0 Å². The predicted molar refractivity (Wildman–Crippen MR) is 93.3 cm³/mol. The number of halogens is 1. The van der Waals surface area contributed by atoms with Gasteiger partial charge in [-0.05, 0) is 37.6 Å². The first-order valence-electron chi connectivity index (χ1n) is 7.40. The summed E-state index contributed by atoms with van der Waals surface area (Å²) in [5.41, 5.74) is 2.85. The fourth-order valence-electron chi connectivity index (χ4n) is 2.58. The number of rotatable bonds is 4. The van der Waals surface area contributed by atoms with Crippen LogP contribution in [0.2, 0.25) is 5.02 Å². The maximum atomic E-state index is 11.4. The number of hydrogen-bond acceptors (Lipinski definition) is 3. The van der Waals surface area contributed by atoms with Crippen molar-refractivity contribution in [2.75, 3.05) is 0 Å². The first-order valence-corrected chi connectivity index (χ1v) is 7.78. The summed E-state index contributed by atoms with van der Waals surface area (Å²) in [6.45, 7) is 3.91. The highest BCUT2D eigenvalue weighted by atomic mass is 35.5. The van der Waals surface area contributed by atoms with Crippen LogP contribution >= 0.6 is 11.6 Å². The van der Waals surface area contributed by atoms with Gasteiger partial charge in [-0.2, -0.15) is 0 Å². The van der Waals surface area contributed by atoms with Gasteiger partial charge in [0.05, 0.1) is 11.1 Å². The second kappa shape index (κ2) is 6.39. The molecule has 3 nitrogen and oxygen atoms in total. The number of ether oxygens (including phenoxy) is 1. The fraction of sp³-hybridized carbons (Fsp3) is 0.158. The van der Waals surface area contributed by atoms with Gasteiger partial charge < -0.3 is 4.74 Å². The Labute approximate surface area is 139 Å². The average molecular weight is 326 g/mol. The molecule has 2 aromatic carbocycles. The molecule has 0 aliphatic rings. The van der Waals surface area contributed by atoms with Crippen LogP contribution in [0.4, 0.5) is 0 Å². The Morgan fingerprint density at radius 2 is 1.91 bits per heavy atom. The third-order valence-corrected chi connectivity index (χ3v) is 3.84. The van der Waals surface area contributed by atoms with E-state index in [0.29, 0.717) is 21.9 Å². The lowest BCUT2D eigenvalue weighted by Gasteiger charge is -2.18. The first kappa shape index (κ1) is 15.5. The van der Waals surface area contributed by atoms with E-state index in [9.17, 15) is 4.79 Å². The van der Waals surface area contributed by atoms with Gasteiger partial charge in [-0.1, -0.05) is 35.9 Å². The topological polar surface area (TPSA) is 39.2 Å². The number of pyridine rings is 1. The van der Waals surface area contributed by atoms with E-state index in [4.69, 9.17) is 16.3 Å². The van der Waals surface area contributed by atoms with Crippen molar-refractivity contribution in [3.63, 3.8) is 0 Å². The fourth-order valence-corrected chi connectivity index (χ4v) is 2.84. The van der Waals surface area contributed by atoms with Crippen molar-refractivity contribution in [3.8, 4) is 16.9 Å². The van der Waals surface area contributed by atoms with Crippen molar-refractivity contribution < 1.29 is 9.53 Å². The summed E-state index contributed by atoms with van der Waals surface area (Å²) >= 11 is 6.43. The average Bonchev–Trinajstić information content (AvgIpc) is 2.57. The minimum atomic E-state index is -0.0245. The number of carbonyl (C=O) groups is 1. The van der Waals surface area contributed by atoms with Crippen LogP contribution in [0, 0.1) is 0 Å². The zero-order chi connectivity index (χ0) is 16.4. The quantitative estimate of drug-likeness (QED) is 0.622. The summed E-state index contributed by atoms with van der Waals surface area (Å²) in [5.74, 6) is 0.648. The van der Waals surface area contributed by atoms with Gasteiger partial charge >= 0.3 is 0 Å². The molecule has 3 aromatic rings. The van der Waals surface area contributed by atoms with Gasteiger partial charge in [0.1, 0.15) is 5.52 Å². The van der Waals surface area contributed by atoms with E-state index in [1.807, 2.05) is 50.2 Å². The number of hydrogen-bond donors (Lipinski definition) is 0. The molecule has 0 atom stereocenters. The molecule has 0 aliphatic carbocycles. The molecule has 0 radical (unpaired) electrons.